The summed E-state index contributed by atoms with van der Waals surface area (Å²) >= 11 is 7.65. The fourth-order valence-corrected chi connectivity index (χ4v) is 7.62. The smallest absolute Gasteiger partial charge is 0.352 e. The second-order valence-electron chi connectivity index (χ2n) is 11.2. The molecule has 1 aromatic heterocycles. The van der Waals surface area contributed by atoms with E-state index in [-0.39, 0.29) is 46.2 Å². The van der Waals surface area contributed by atoms with E-state index in [0.29, 0.717) is 28.8 Å². The molecule has 0 saturated carbocycles. The van der Waals surface area contributed by atoms with Crippen LogP contribution in [0.25, 0.3) is 10.4 Å². The largest absolute Gasteiger partial charge is 0.479 e. The van der Waals surface area contributed by atoms with Gasteiger partial charge in [0.25, 0.3) is 5.69 Å². The number of carbonyl (C=O) groups excluding carboxylic acids is 1. The Kier molecular flexibility index (Phi) is 10.2. The highest BCUT2D eigenvalue weighted by molar-refractivity contribution is 7.88. The molecule has 1 aliphatic rings. The van der Waals surface area contributed by atoms with E-state index in [1.807, 2.05) is 12.1 Å². The van der Waals surface area contributed by atoms with Crippen LogP contribution in [0, 0.1) is 10.1 Å². The van der Waals surface area contributed by atoms with Gasteiger partial charge in [-0.15, -0.1) is 11.3 Å². The summed E-state index contributed by atoms with van der Waals surface area (Å²) in [7, 11) is -3.67. The van der Waals surface area contributed by atoms with Crippen molar-refractivity contribution in [2.24, 2.45) is 0 Å². The first kappa shape index (κ1) is 33.2. The van der Waals surface area contributed by atoms with Crippen LogP contribution in [0.5, 0.6) is 5.75 Å². The Hall–Kier alpha value is -3.72. The van der Waals surface area contributed by atoms with Crippen molar-refractivity contribution < 1.29 is 37.5 Å². The van der Waals surface area contributed by atoms with Gasteiger partial charge in [0.2, 0.25) is 10.0 Å². The molecule has 1 saturated heterocycles. The molecule has 2 aromatic carbocycles. The van der Waals surface area contributed by atoms with Gasteiger partial charge in [0.1, 0.15) is 10.6 Å². The van der Waals surface area contributed by atoms with Crippen molar-refractivity contribution in [2.45, 2.75) is 51.0 Å². The lowest BCUT2D eigenvalue weighted by Gasteiger charge is -2.32. The van der Waals surface area contributed by atoms with Crippen LogP contribution >= 0.6 is 22.9 Å². The van der Waals surface area contributed by atoms with Crippen molar-refractivity contribution in [3.63, 3.8) is 0 Å². The monoisotopic (exact) mass is 665 g/mol. The van der Waals surface area contributed by atoms with E-state index < -0.39 is 39.1 Å². The number of carbonyl (C=O) groups is 2. The maximum Gasteiger partial charge on any atom is 0.352 e. The number of halogens is 1. The number of benzene rings is 2. The molecular weight excluding hydrogens is 634 g/mol. The average Bonchev–Trinajstić information content (AvgIpc) is 3.27. The highest BCUT2D eigenvalue weighted by Crippen LogP contribution is 2.46. The van der Waals surface area contributed by atoms with Crippen LogP contribution in [0.2, 0.25) is 5.02 Å². The van der Waals surface area contributed by atoms with Gasteiger partial charge in [-0.2, -0.15) is 0 Å². The average molecular weight is 666 g/mol. The SMILES string of the molecule is CC(C)(C)OC(=O)c1sc(-c2cccc(NC3CCN(S(=O)(=O)Cc4cccc([N+](=O)[O-])c4)CC3)c2)c(Cl)c1OCC(=O)O. The number of sulfonamides is 1. The molecule has 12 nitrogen and oxygen atoms in total. The van der Waals surface area contributed by atoms with Gasteiger partial charge in [-0.25, -0.2) is 22.3 Å². The number of nitro groups is 1. The first-order chi connectivity index (χ1) is 20.6. The fraction of sp³-hybridized carbons (Fsp3) is 0.379. The van der Waals surface area contributed by atoms with Gasteiger partial charge in [-0.3, -0.25) is 10.1 Å². The van der Waals surface area contributed by atoms with Crippen molar-refractivity contribution in [3.05, 3.63) is 74.1 Å². The minimum absolute atomic E-state index is 0.0277. The lowest BCUT2D eigenvalue weighted by Crippen LogP contribution is -2.42. The molecule has 1 fully saturated rings. The maximum absolute atomic E-state index is 13.0. The Morgan fingerprint density at radius 1 is 1.16 bits per heavy atom. The first-order valence-corrected chi connectivity index (χ1v) is 16.4. The highest BCUT2D eigenvalue weighted by atomic mass is 35.5. The lowest BCUT2D eigenvalue weighted by molar-refractivity contribution is -0.384. The molecule has 44 heavy (non-hydrogen) atoms. The van der Waals surface area contributed by atoms with E-state index in [1.165, 1.54) is 22.5 Å². The van der Waals surface area contributed by atoms with Gasteiger partial charge in [0.05, 0.1) is 15.6 Å². The summed E-state index contributed by atoms with van der Waals surface area (Å²) in [6.45, 7) is 5.03. The molecule has 0 unspecified atom stereocenters. The molecule has 0 atom stereocenters. The summed E-state index contributed by atoms with van der Waals surface area (Å²) in [6, 6.07) is 12.9. The number of carboxylic acids is 1. The third-order valence-electron chi connectivity index (χ3n) is 6.55. The van der Waals surface area contributed by atoms with Crippen LogP contribution < -0.4 is 10.1 Å². The standard InChI is InChI=1S/C29H32ClN3O9S2/c1-29(2,3)42-28(36)27-25(41-16-23(34)35)24(30)26(43-27)19-7-5-8-21(15-19)31-20-10-12-32(13-11-20)44(39,40)17-18-6-4-9-22(14-18)33(37)38/h4-9,14-15,20,31H,10-13,16-17H2,1-3H3,(H,34,35). The topological polar surface area (TPSA) is 165 Å². The second kappa shape index (κ2) is 13.5. The molecule has 15 heteroatoms. The van der Waals surface area contributed by atoms with Gasteiger partial charge in [-0.1, -0.05) is 35.9 Å². The van der Waals surface area contributed by atoms with E-state index in [1.54, 1.807) is 39.0 Å². The van der Waals surface area contributed by atoms with Crippen LogP contribution in [-0.2, 0) is 25.3 Å². The molecule has 2 heterocycles. The Morgan fingerprint density at radius 3 is 2.48 bits per heavy atom. The second-order valence-corrected chi connectivity index (χ2v) is 14.5. The van der Waals surface area contributed by atoms with Crippen molar-refractivity contribution in [3.8, 4) is 16.2 Å². The number of ether oxygens (including phenoxy) is 2. The minimum atomic E-state index is -3.67. The third-order valence-corrected chi connectivity index (χ3v) is 10.1. The molecule has 0 aliphatic carbocycles. The number of piperidine rings is 1. The maximum atomic E-state index is 13.0. The van der Waals surface area contributed by atoms with Gasteiger partial charge >= 0.3 is 11.9 Å². The Morgan fingerprint density at radius 2 is 1.84 bits per heavy atom. The lowest BCUT2D eigenvalue weighted by atomic mass is 10.1. The Bertz CT molecular complexity index is 1660. The van der Waals surface area contributed by atoms with E-state index in [0.717, 1.165) is 17.0 Å². The number of nitrogens with zero attached hydrogens (tertiary/aromatic N) is 2. The molecule has 3 aromatic rings. The van der Waals surface area contributed by atoms with Crippen LogP contribution in [0.3, 0.4) is 0 Å². The number of thiophene rings is 1. The molecule has 0 radical (unpaired) electrons. The van der Waals surface area contributed by atoms with E-state index >= 15 is 0 Å². The number of hydrogen-bond donors (Lipinski definition) is 2. The molecule has 0 amide bonds. The number of hydrogen-bond acceptors (Lipinski definition) is 10. The number of nitrogens with one attached hydrogen (secondary N) is 1. The van der Waals surface area contributed by atoms with Crippen molar-refractivity contribution in [2.75, 3.05) is 25.0 Å². The van der Waals surface area contributed by atoms with Gasteiger partial charge in [0, 0.05) is 37.0 Å². The zero-order valence-electron chi connectivity index (χ0n) is 24.2. The van der Waals surface area contributed by atoms with E-state index in [4.69, 9.17) is 26.2 Å². The van der Waals surface area contributed by atoms with Gasteiger partial charge < -0.3 is 19.9 Å². The predicted molar refractivity (Wildman–Crippen MR) is 167 cm³/mol. The molecule has 236 valence electrons. The molecule has 1 aliphatic heterocycles. The zero-order valence-corrected chi connectivity index (χ0v) is 26.6. The quantitative estimate of drug-likeness (QED) is 0.145. The van der Waals surface area contributed by atoms with Gasteiger partial charge in [0.15, 0.2) is 17.2 Å². The number of rotatable bonds is 11. The Balaban J connectivity index is 1.46. The number of nitro benzene ring substituents is 1. The van der Waals surface area contributed by atoms with Gasteiger partial charge in [-0.05, 0) is 56.9 Å². The number of aliphatic carboxylic acids is 1. The predicted octanol–water partition coefficient (Wildman–Crippen LogP) is 5.80. The summed E-state index contributed by atoms with van der Waals surface area (Å²) in [5, 5.41) is 23.7. The van der Waals surface area contributed by atoms with Crippen LogP contribution in [0.4, 0.5) is 11.4 Å². The number of carboxylic acid groups (broad SMARTS) is 1. The summed E-state index contributed by atoms with van der Waals surface area (Å²) in [6.07, 6.45) is 1.07. The molecule has 0 spiro atoms. The first-order valence-electron chi connectivity index (χ1n) is 13.6. The van der Waals surface area contributed by atoms with Crippen molar-refractivity contribution in [1.29, 1.82) is 0 Å². The molecule has 0 bridgehead atoms. The summed E-state index contributed by atoms with van der Waals surface area (Å²) in [5.41, 5.74) is 0.819. The van der Waals surface area contributed by atoms with Crippen molar-refractivity contribution >= 4 is 56.3 Å². The molecular formula is C29H32ClN3O9S2. The molecule has 2 N–H and O–H groups in total. The van der Waals surface area contributed by atoms with Crippen LogP contribution in [-0.4, -0.2) is 66.0 Å². The normalized spacial score (nSPS) is 14.6. The minimum Gasteiger partial charge on any atom is -0.479 e. The Labute approximate surface area is 263 Å². The van der Waals surface area contributed by atoms with E-state index in [9.17, 15) is 28.1 Å². The fourth-order valence-electron chi connectivity index (χ4n) is 4.63. The summed E-state index contributed by atoms with van der Waals surface area (Å²) < 4.78 is 38.3. The highest BCUT2D eigenvalue weighted by Gasteiger charge is 2.30. The van der Waals surface area contributed by atoms with Crippen LogP contribution in [0.1, 0.15) is 48.8 Å². The number of non-ortho nitro benzene ring substituents is 1. The number of esters is 1. The van der Waals surface area contributed by atoms with Crippen molar-refractivity contribution in [1.82, 2.24) is 4.31 Å². The summed E-state index contributed by atoms with van der Waals surface area (Å²) in [4.78, 5) is 35.1. The third kappa shape index (κ3) is 8.46. The van der Waals surface area contributed by atoms with E-state index in [2.05, 4.69) is 5.32 Å². The zero-order chi connectivity index (χ0) is 32.2. The summed E-state index contributed by atoms with van der Waals surface area (Å²) in [5.74, 6) is -2.28. The number of anilines is 1. The van der Waals surface area contributed by atoms with Crippen LogP contribution in [0.15, 0.2) is 48.5 Å². The molecule has 4 rings (SSSR count).